The van der Waals surface area contributed by atoms with Gasteiger partial charge >= 0.3 is 0 Å². The highest BCUT2D eigenvalue weighted by atomic mass is 16.7. The second-order valence-corrected chi connectivity index (χ2v) is 7.78. The second-order valence-electron chi connectivity index (χ2n) is 7.78. The van der Waals surface area contributed by atoms with Gasteiger partial charge < -0.3 is 50.3 Å². The molecule has 1 saturated heterocycles. The Hall–Kier alpha value is -2.93. The molecule has 32 heavy (non-hydrogen) atoms. The number of carbonyl (C=O) groups is 1. The van der Waals surface area contributed by atoms with Crippen LogP contribution >= 0.6 is 0 Å². The molecule has 6 atom stereocenters. The molecule has 0 aromatic heterocycles. The summed E-state index contributed by atoms with van der Waals surface area (Å²) in [6.45, 7) is -0.857. The maximum absolute atomic E-state index is 12.8. The zero-order valence-corrected chi connectivity index (χ0v) is 16.5. The number of fused-ring (bicyclic) bond motifs is 1. The summed E-state index contributed by atoms with van der Waals surface area (Å²) < 4.78 is 11.1. The lowest BCUT2D eigenvalue weighted by Crippen LogP contribution is -2.63. The Labute approximate surface area is 181 Å². The van der Waals surface area contributed by atoms with E-state index < -0.39 is 77.1 Å². The lowest BCUT2D eigenvalue weighted by atomic mass is 9.84. The molecule has 0 spiro atoms. The molecule has 11 nitrogen and oxygen atoms in total. The number of ketones is 1. The highest BCUT2D eigenvalue weighted by Gasteiger charge is 2.57. The van der Waals surface area contributed by atoms with Gasteiger partial charge in [0.1, 0.15) is 59.1 Å². The Kier molecular flexibility index (Phi) is 5.49. The summed E-state index contributed by atoms with van der Waals surface area (Å²) >= 11 is 0. The molecular weight excluding hydrogens is 428 g/mol. The molecule has 8 N–H and O–H groups in total. The number of ether oxygens (including phenoxy) is 2. The minimum atomic E-state index is -2.93. The molecule has 0 bridgehead atoms. The third-order valence-corrected chi connectivity index (χ3v) is 5.74. The largest absolute Gasteiger partial charge is 0.508 e. The maximum Gasteiger partial charge on any atom is 0.229 e. The molecule has 1 fully saturated rings. The number of phenolic OH excluding ortho intramolecular Hbond substituents is 3. The van der Waals surface area contributed by atoms with Gasteiger partial charge in [-0.3, -0.25) is 4.79 Å². The lowest BCUT2D eigenvalue weighted by molar-refractivity contribution is -0.358. The fourth-order valence-electron chi connectivity index (χ4n) is 4.05. The van der Waals surface area contributed by atoms with Crippen molar-refractivity contribution in [3.8, 4) is 23.0 Å². The van der Waals surface area contributed by atoms with E-state index >= 15 is 0 Å². The SMILES string of the molecule is O=C1C[C@@H](c2ccc(O)cc2)Oc2c1c(O)cc(O)c2[C@]1(O)O[C@H](CO)[C@@H](O)[C@H](O)[C@H]1O. The molecule has 2 aliphatic heterocycles. The van der Waals surface area contributed by atoms with Gasteiger partial charge in [0.15, 0.2) is 5.78 Å². The Morgan fingerprint density at radius 1 is 1.00 bits per heavy atom. The topological polar surface area (TPSA) is 197 Å². The summed E-state index contributed by atoms with van der Waals surface area (Å²) in [6.07, 6.45) is -8.73. The van der Waals surface area contributed by atoms with Crippen LogP contribution in [0.1, 0.15) is 34.0 Å². The molecule has 4 rings (SSSR count). The number of rotatable bonds is 3. The molecule has 0 aliphatic carbocycles. The fraction of sp³-hybridized carbons (Fsp3) is 0.381. The molecule has 0 amide bonds. The quantitative estimate of drug-likeness (QED) is 0.289. The van der Waals surface area contributed by atoms with Crippen LogP contribution < -0.4 is 4.74 Å². The van der Waals surface area contributed by atoms with Crippen molar-refractivity contribution in [2.24, 2.45) is 0 Å². The van der Waals surface area contributed by atoms with Gasteiger partial charge in [0.25, 0.3) is 0 Å². The Morgan fingerprint density at radius 3 is 2.28 bits per heavy atom. The average molecular weight is 450 g/mol. The van der Waals surface area contributed by atoms with Crippen LogP contribution in [0.5, 0.6) is 23.0 Å². The van der Waals surface area contributed by atoms with Gasteiger partial charge in [0.05, 0.1) is 18.6 Å². The molecule has 0 radical (unpaired) electrons. The van der Waals surface area contributed by atoms with Crippen LogP contribution in [0, 0.1) is 0 Å². The van der Waals surface area contributed by atoms with Crippen LogP contribution in [0.25, 0.3) is 0 Å². The van der Waals surface area contributed by atoms with Crippen LogP contribution in [-0.4, -0.2) is 77.7 Å². The van der Waals surface area contributed by atoms with Gasteiger partial charge in [-0.05, 0) is 17.7 Å². The summed E-state index contributed by atoms with van der Waals surface area (Å²) in [5, 5.41) is 81.6. The van der Waals surface area contributed by atoms with E-state index in [9.17, 15) is 45.6 Å². The molecule has 2 heterocycles. The first kappa shape index (κ1) is 22.3. The van der Waals surface area contributed by atoms with Gasteiger partial charge in [-0.2, -0.15) is 0 Å². The third-order valence-electron chi connectivity index (χ3n) is 5.74. The standard InChI is InChI=1S/C21H22O11/c22-7-14-17(27)18(28)20(29)21(30,32-14)16-12(26)5-10(24)15-11(25)6-13(31-19(15)16)8-1-3-9(23)4-2-8/h1-5,13-14,17-18,20,22-24,26-30H,6-7H2/t13-,14+,17+,18-,20+,21-/m0/s1. The van der Waals surface area contributed by atoms with Crippen LogP contribution in [0.15, 0.2) is 30.3 Å². The van der Waals surface area contributed by atoms with Crippen molar-refractivity contribution >= 4 is 5.78 Å². The van der Waals surface area contributed by atoms with Gasteiger partial charge in [-0.15, -0.1) is 0 Å². The summed E-state index contributed by atoms with van der Waals surface area (Å²) in [5.74, 6) is -5.55. The number of benzene rings is 2. The number of aromatic hydroxyl groups is 3. The van der Waals surface area contributed by atoms with E-state index in [1.54, 1.807) is 0 Å². The number of phenols is 3. The fourth-order valence-corrected chi connectivity index (χ4v) is 4.05. The monoisotopic (exact) mass is 450 g/mol. The Bertz CT molecular complexity index is 1040. The lowest BCUT2D eigenvalue weighted by Gasteiger charge is -2.46. The highest BCUT2D eigenvalue weighted by molar-refractivity contribution is 6.03. The second kappa shape index (κ2) is 7.89. The van der Waals surface area contributed by atoms with Crippen molar-refractivity contribution < 1.29 is 55.1 Å². The van der Waals surface area contributed by atoms with Crippen molar-refractivity contribution in [1.29, 1.82) is 0 Å². The van der Waals surface area contributed by atoms with Crippen LogP contribution in [0.2, 0.25) is 0 Å². The summed E-state index contributed by atoms with van der Waals surface area (Å²) in [6, 6.07) is 6.46. The van der Waals surface area contributed by atoms with Gasteiger partial charge in [0.2, 0.25) is 5.79 Å². The minimum Gasteiger partial charge on any atom is -0.508 e. The minimum absolute atomic E-state index is 0.0251. The molecule has 2 aromatic rings. The number of Topliss-reactive ketones (excluding diaryl/α,β-unsaturated/α-hetero) is 1. The number of hydrogen-bond acceptors (Lipinski definition) is 11. The predicted octanol–water partition coefficient (Wildman–Crippen LogP) is -0.871. The summed E-state index contributed by atoms with van der Waals surface area (Å²) in [4.78, 5) is 12.8. The Balaban J connectivity index is 1.87. The molecular formula is C21H22O11. The van der Waals surface area contributed by atoms with Crippen molar-refractivity contribution in [2.45, 2.75) is 42.7 Å². The zero-order chi connectivity index (χ0) is 23.4. The molecule has 2 aliphatic rings. The smallest absolute Gasteiger partial charge is 0.229 e. The first-order chi connectivity index (χ1) is 15.1. The van der Waals surface area contributed by atoms with Crippen molar-refractivity contribution in [3.63, 3.8) is 0 Å². The first-order valence-electron chi connectivity index (χ1n) is 9.72. The predicted molar refractivity (Wildman–Crippen MR) is 104 cm³/mol. The number of carbonyl (C=O) groups excluding carboxylic acids is 1. The van der Waals surface area contributed by atoms with Crippen molar-refractivity contribution in [3.05, 3.63) is 47.0 Å². The highest BCUT2D eigenvalue weighted by Crippen LogP contribution is 2.51. The summed E-state index contributed by atoms with van der Waals surface area (Å²) in [7, 11) is 0. The molecule has 172 valence electrons. The average Bonchev–Trinajstić information content (AvgIpc) is 2.74. The van der Waals surface area contributed by atoms with Crippen LogP contribution in [0.3, 0.4) is 0 Å². The molecule has 11 heteroatoms. The first-order valence-corrected chi connectivity index (χ1v) is 9.72. The van der Waals surface area contributed by atoms with Gasteiger partial charge in [-0.25, -0.2) is 0 Å². The van der Waals surface area contributed by atoms with E-state index in [1.807, 2.05) is 0 Å². The van der Waals surface area contributed by atoms with Gasteiger partial charge in [-0.1, -0.05) is 12.1 Å². The Morgan fingerprint density at radius 2 is 1.66 bits per heavy atom. The van der Waals surface area contributed by atoms with E-state index in [0.717, 1.165) is 6.07 Å². The van der Waals surface area contributed by atoms with Crippen LogP contribution in [-0.2, 0) is 10.5 Å². The maximum atomic E-state index is 12.8. The van der Waals surface area contributed by atoms with Gasteiger partial charge in [0, 0.05) is 6.07 Å². The van der Waals surface area contributed by atoms with E-state index in [0.29, 0.717) is 5.56 Å². The molecule has 0 unspecified atom stereocenters. The van der Waals surface area contributed by atoms with Crippen molar-refractivity contribution in [1.82, 2.24) is 0 Å². The zero-order valence-electron chi connectivity index (χ0n) is 16.5. The van der Waals surface area contributed by atoms with Crippen LogP contribution in [0.4, 0.5) is 0 Å². The third kappa shape index (κ3) is 3.35. The van der Waals surface area contributed by atoms with E-state index in [1.165, 1.54) is 24.3 Å². The number of aliphatic hydroxyl groups is 5. The number of hydrogen-bond donors (Lipinski definition) is 8. The van der Waals surface area contributed by atoms with E-state index in [-0.39, 0.29) is 12.2 Å². The summed E-state index contributed by atoms with van der Waals surface area (Å²) in [5.41, 5.74) is -0.603. The van der Waals surface area contributed by atoms with E-state index in [4.69, 9.17) is 9.47 Å². The van der Waals surface area contributed by atoms with Crippen molar-refractivity contribution in [2.75, 3.05) is 6.61 Å². The normalized spacial score (nSPS) is 32.3. The van der Waals surface area contributed by atoms with E-state index in [2.05, 4.69) is 0 Å². The number of aliphatic hydroxyl groups excluding tert-OH is 4. The molecule has 2 aromatic carbocycles. The molecule has 0 saturated carbocycles.